The SMILES string of the molecule is CCCCCCCC1CCC(OC(=O)c2ccc(C(=O)O)cc2)CC1. The summed E-state index contributed by atoms with van der Waals surface area (Å²) in [6.07, 6.45) is 12.1. The van der Waals surface area contributed by atoms with E-state index in [1.165, 1.54) is 62.8 Å². The normalized spacial score (nSPS) is 20.2. The second kappa shape index (κ2) is 10.2. The van der Waals surface area contributed by atoms with Crippen LogP contribution in [-0.4, -0.2) is 23.1 Å². The largest absolute Gasteiger partial charge is 0.478 e. The summed E-state index contributed by atoms with van der Waals surface area (Å²) in [5.74, 6) is -0.556. The van der Waals surface area contributed by atoms with E-state index in [1.54, 1.807) is 0 Å². The fourth-order valence-corrected chi connectivity index (χ4v) is 3.54. The van der Waals surface area contributed by atoms with Gasteiger partial charge >= 0.3 is 11.9 Å². The minimum Gasteiger partial charge on any atom is -0.478 e. The van der Waals surface area contributed by atoms with Crippen molar-refractivity contribution < 1.29 is 19.4 Å². The Kier molecular flexibility index (Phi) is 7.96. The van der Waals surface area contributed by atoms with Crippen LogP contribution in [0.3, 0.4) is 0 Å². The summed E-state index contributed by atoms with van der Waals surface area (Å²) < 4.78 is 5.60. The van der Waals surface area contributed by atoms with Gasteiger partial charge in [0.1, 0.15) is 6.10 Å². The molecule has 1 aliphatic carbocycles. The van der Waals surface area contributed by atoms with Gasteiger partial charge in [-0.15, -0.1) is 0 Å². The third kappa shape index (κ3) is 6.52. The van der Waals surface area contributed by atoms with Crippen molar-refractivity contribution in [3.05, 3.63) is 35.4 Å². The van der Waals surface area contributed by atoms with E-state index in [1.807, 2.05) is 0 Å². The lowest BCUT2D eigenvalue weighted by Gasteiger charge is -2.28. The number of benzene rings is 1. The lowest BCUT2D eigenvalue weighted by atomic mass is 9.84. The molecule has 1 aromatic rings. The summed E-state index contributed by atoms with van der Waals surface area (Å²) in [4.78, 5) is 23.0. The van der Waals surface area contributed by atoms with E-state index in [2.05, 4.69) is 6.92 Å². The Bertz CT molecular complexity index is 542. The molecule has 0 spiro atoms. The molecule has 25 heavy (non-hydrogen) atoms. The van der Waals surface area contributed by atoms with Gasteiger partial charge in [0.25, 0.3) is 0 Å². The Morgan fingerprint density at radius 1 is 0.960 bits per heavy atom. The van der Waals surface area contributed by atoms with Crippen molar-refractivity contribution in [2.75, 3.05) is 0 Å². The van der Waals surface area contributed by atoms with Gasteiger partial charge in [0, 0.05) is 0 Å². The van der Waals surface area contributed by atoms with E-state index in [0.29, 0.717) is 5.56 Å². The molecule has 0 amide bonds. The number of carbonyl (C=O) groups excluding carboxylic acids is 1. The number of carbonyl (C=O) groups is 2. The lowest BCUT2D eigenvalue weighted by Crippen LogP contribution is -2.24. The van der Waals surface area contributed by atoms with Gasteiger partial charge in [-0.25, -0.2) is 9.59 Å². The van der Waals surface area contributed by atoms with E-state index in [0.717, 1.165) is 31.6 Å². The molecule has 0 unspecified atom stereocenters. The minimum atomic E-state index is -0.993. The number of hydrogen-bond donors (Lipinski definition) is 1. The van der Waals surface area contributed by atoms with Crippen LogP contribution in [0, 0.1) is 5.92 Å². The lowest BCUT2D eigenvalue weighted by molar-refractivity contribution is 0.0160. The first-order valence-electron chi connectivity index (χ1n) is 9.64. The predicted octanol–water partition coefficient (Wildman–Crippen LogP) is 5.46. The van der Waals surface area contributed by atoms with Gasteiger partial charge in [-0.1, -0.05) is 45.4 Å². The maximum Gasteiger partial charge on any atom is 0.338 e. The number of carboxylic acid groups (broad SMARTS) is 1. The topological polar surface area (TPSA) is 63.6 Å². The molecule has 0 aliphatic heterocycles. The van der Waals surface area contributed by atoms with E-state index in [4.69, 9.17) is 9.84 Å². The summed E-state index contributed by atoms with van der Waals surface area (Å²) in [5, 5.41) is 8.89. The fourth-order valence-electron chi connectivity index (χ4n) is 3.54. The molecule has 0 bridgehead atoms. The molecular formula is C21H30O4. The summed E-state index contributed by atoms with van der Waals surface area (Å²) >= 11 is 0. The van der Waals surface area contributed by atoms with E-state index in [-0.39, 0.29) is 17.6 Å². The van der Waals surface area contributed by atoms with Crippen LogP contribution in [0.4, 0.5) is 0 Å². The van der Waals surface area contributed by atoms with Crippen molar-refractivity contribution in [2.24, 2.45) is 5.92 Å². The van der Waals surface area contributed by atoms with Crippen molar-refractivity contribution in [1.29, 1.82) is 0 Å². The summed E-state index contributed by atoms with van der Waals surface area (Å²) in [5.41, 5.74) is 0.596. The van der Waals surface area contributed by atoms with Crippen molar-refractivity contribution in [1.82, 2.24) is 0 Å². The molecule has 1 aromatic carbocycles. The second-order valence-electron chi connectivity index (χ2n) is 7.13. The molecule has 2 rings (SSSR count). The number of rotatable bonds is 9. The summed E-state index contributed by atoms with van der Waals surface area (Å²) in [6, 6.07) is 5.92. The number of carboxylic acids is 1. The monoisotopic (exact) mass is 346 g/mol. The molecule has 1 saturated carbocycles. The molecule has 4 nitrogen and oxygen atoms in total. The Labute approximate surface area is 150 Å². The maximum atomic E-state index is 12.2. The highest BCUT2D eigenvalue weighted by atomic mass is 16.5. The van der Waals surface area contributed by atoms with Crippen molar-refractivity contribution in [3.63, 3.8) is 0 Å². The molecule has 4 heteroatoms. The predicted molar refractivity (Wildman–Crippen MR) is 97.9 cm³/mol. The van der Waals surface area contributed by atoms with Gasteiger partial charge in [0.2, 0.25) is 0 Å². The number of unbranched alkanes of at least 4 members (excludes halogenated alkanes) is 4. The minimum absolute atomic E-state index is 0.00277. The van der Waals surface area contributed by atoms with Crippen LogP contribution < -0.4 is 0 Å². The third-order valence-electron chi connectivity index (χ3n) is 5.15. The summed E-state index contributed by atoms with van der Waals surface area (Å²) in [7, 11) is 0. The van der Waals surface area contributed by atoms with Crippen LogP contribution in [-0.2, 0) is 4.74 Å². The zero-order chi connectivity index (χ0) is 18.1. The van der Waals surface area contributed by atoms with Gasteiger partial charge in [0.15, 0.2) is 0 Å². The second-order valence-corrected chi connectivity index (χ2v) is 7.13. The van der Waals surface area contributed by atoms with Crippen LogP contribution in [0.1, 0.15) is 91.8 Å². The van der Waals surface area contributed by atoms with E-state index in [9.17, 15) is 9.59 Å². The van der Waals surface area contributed by atoms with Gasteiger partial charge in [-0.3, -0.25) is 0 Å². The summed E-state index contributed by atoms with van der Waals surface area (Å²) in [6.45, 7) is 2.24. The smallest absolute Gasteiger partial charge is 0.338 e. The van der Waals surface area contributed by atoms with Crippen LogP contribution in [0.25, 0.3) is 0 Å². The maximum absolute atomic E-state index is 12.2. The average molecular weight is 346 g/mol. The number of ether oxygens (including phenoxy) is 1. The van der Waals surface area contributed by atoms with Gasteiger partial charge in [-0.2, -0.15) is 0 Å². The average Bonchev–Trinajstić information content (AvgIpc) is 2.63. The Balaban J connectivity index is 1.68. The zero-order valence-electron chi connectivity index (χ0n) is 15.2. The zero-order valence-corrected chi connectivity index (χ0v) is 15.2. The van der Waals surface area contributed by atoms with Crippen LogP contribution >= 0.6 is 0 Å². The van der Waals surface area contributed by atoms with Gasteiger partial charge in [-0.05, 0) is 55.9 Å². The van der Waals surface area contributed by atoms with Crippen molar-refractivity contribution in [3.8, 4) is 0 Å². The quantitative estimate of drug-likeness (QED) is 0.476. The van der Waals surface area contributed by atoms with Crippen LogP contribution in [0.15, 0.2) is 24.3 Å². The van der Waals surface area contributed by atoms with Gasteiger partial charge in [0.05, 0.1) is 11.1 Å². The molecule has 138 valence electrons. The molecule has 1 N–H and O–H groups in total. The van der Waals surface area contributed by atoms with Crippen LogP contribution in [0.5, 0.6) is 0 Å². The first kappa shape index (κ1) is 19.5. The number of aromatic carboxylic acids is 1. The molecular weight excluding hydrogens is 316 g/mol. The highest BCUT2D eigenvalue weighted by Gasteiger charge is 2.24. The van der Waals surface area contributed by atoms with Gasteiger partial charge < -0.3 is 9.84 Å². The van der Waals surface area contributed by atoms with E-state index >= 15 is 0 Å². The molecule has 0 radical (unpaired) electrons. The molecule has 1 aliphatic rings. The molecule has 0 heterocycles. The molecule has 0 aromatic heterocycles. The Morgan fingerprint density at radius 2 is 1.56 bits per heavy atom. The van der Waals surface area contributed by atoms with E-state index < -0.39 is 5.97 Å². The molecule has 0 saturated heterocycles. The molecule has 0 atom stereocenters. The first-order valence-corrected chi connectivity index (χ1v) is 9.64. The van der Waals surface area contributed by atoms with Crippen LogP contribution in [0.2, 0.25) is 0 Å². The highest BCUT2D eigenvalue weighted by Crippen LogP contribution is 2.30. The standard InChI is InChI=1S/C21H30O4/c1-2-3-4-5-6-7-16-8-14-19(15-9-16)25-21(24)18-12-10-17(11-13-18)20(22)23/h10-13,16,19H,2-9,14-15H2,1H3,(H,22,23). The third-order valence-corrected chi connectivity index (χ3v) is 5.15. The van der Waals surface area contributed by atoms with Crippen molar-refractivity contribution in [2.45, 2.75) is 77.2 Å². The molecule has 1 fully saturated rings. The fraction of sp³-hybridized carbons (Fsp3) is 0.619. The highest BCUT2D eigenvalue weighted by molar-refractivity contribution is 5.92. The Morgan fingerprint density at radius 3 is 2.16 bits per heavy atom. The number of esters is 1. The first-order chi connectivity index (χ1) is 12.1. The Hall–Kier alpha value is -1.84. The number of hydrogen-bond acceptors (Lipinski definition) is 3. The van der Waals surface area contributed by atoms with Crippen molar-refractivity contribution >= 4 is 11.9 Å².